The van der Waals surface area contributed by atoms with Crippen molar-refractivity contribution in [3.8, 4) is 62.5 Å². The van der Waals surface area contributed by atoms with E-state index in [4.69, 9.17) is 34.3 Å². The molecule has 12 heteroatoms. The van der Waals surface area contributed by atoms with Crippen molar-refractivity contribution in [2.24, 2.45) is 0 Å². The molecule has 9 aromatic rings. The van der Waals surface area contributed by atoms with Gasteiger partial charge in [0.1, 0.15) is 40.2 Å². The maximum Gasteiger partial charge on any atom is 0.335 e. The first kappa shape index (κ1) is 50.5. The summed E-state index contributed by atoms with van der Waals surface area (Å²) in [6, 6.07) is 66.3. The molecule has 0 aliphatic heterocycles. The quantitative estimate of drug-likeness (QED) is 0.0719. The molecule has 12 nitrogen and oxygen atoms in total. The van der Waals surface area contributed by atoms with Crippen LogP contribution in [0.15, 0.2) is 243 Å². The molecule has 1 atom stereocenters. The van der Waals surface area contributed by atoms with Gasteiger partial charge < -0.3 is 39.4 Å². The van der Waals surface area contributed by atoms with Crippen LogP contribution in [0.2, 0.25) is 0 Å². The third kappa shape index (κ3) is 12.4. The van der Waals surface area contributed by atoms with Gasteiger partial charge in [-0.2, -0.15) is 0 Å². The van der Waals surface area contributed by atoms with Crippen LogP contribution in [0.5, 0.6) is 40.2 Å². The first-order valence-corrected chi connectivity index (χ1v) is 23.8. The SMILES string of the molecule is O=C(O)c1ccc(Oc2ccc(-c3ccc(Oc4ccc(C(=O)O)cc4)c(-c4ccccc4)c3)cc2)cc1.O=C(O)c1ccc(Oc2ccc(C3=CCC(Oc4ccc(C(=O)O)cc4)(c4ccccc4)C=C3)cc2)cc1. The van der Waals surface area contributed by atoms with Gasteiger partial charge in [-0.1, -0.05) is 103 Å². The second kappa shape index (κ2) is 23.0. The van der Waals surface area contributed by atoms with Crippen LogP contribution in [0.3, 0.4) is 0 Å². The number of ether oxygens (including phenoxy) is 4. The van der Waals surface area contributed by atoms with E-state index in [1.165, 1.54) is 48.5 Å². The van der Waals surface area contributed by atoms with Gasteiger partial charge in [0.15, 0.2) is 5.60 Å². The molecule has 1 aliphatic rings. The summed E-state index contributed by atoms with van der Waals surface area (Å²) in [5, 5.41) is 36.4. The molecule has 4 N–H and O–H groups in total. The molecular weight excluding hydrogens is 961 g/mol. The number of benzene rings is 9. The Labute approximate surface area is 436 Å². The first-order chi connectivity index (χ1) is 36.9. The van der Waals surface area contributed by atoms with E-state index in [1.54, 1.807) is 48.5 Å². The Kier molecular flexibility index (Phi) is 15.2. The molecule has 0 radical (unpaired) electrons. The molecule has 0 fully saturated rings. The average Bonchev–Trinajstić information content (AvgIpc) is 3.45. The van der Waals surface area contributed by atoms with E-state index < -0.39 is 29.5 Å². The fourth-order valence-electron chi connectivity index (χ4n) is 8.25. The Bertz CT molecular complexity index is 3560. The van der Waals surface area contributed by atoms with Crippen molar-refractivity contribution in [1.29, 1.82) is 0 Å². The lowest BCUT2D eigenvalue weighted by Crippen LogP contribution is -2.31. The zero-order valence-electron chi connectivity index (χ0n) is 40.4. The van der Waals surface area contributed by atoms with Gasteiger partial charge in [0.25, 0.3) is 0 Å². The van der Waals surface area contributed by atoms with E-state index in [-0.39, 0.29) is 22.3 Å². The van der Waals surface area contributed by atoms with E-state index in [2.05, 4.69) is 12.1 Å². The number of carbonyl (C=O) groups is 4. The molecule has 374 valence electrons. The minimum Gasteiger partial charge on any atom is -0.478 e. The lowest BCUT2D eigenvalue weighted by atomic mass is 9.84. The predicted octanol–water partition coefficient (Wildman–Crippen LogP) is 15.2. The smallest absolute Gasteiger partial charge is 0.335 e. The third-order valence-electron chi connectivity index (χ3n) is 12.3. The Morgan fingerprint density at radius 2 is 0.750 bits per heavy atom. The zero-order valence-corrected chi connectivity index (χ0v) is 40.4. The summed E-state index contributed by atoms with van der Waals surface area (Å²) in [5.41, 5.74) is 6.96. The minimum absolute atomic E-state index is 0.195. The standard InChI is InChI=1S/C32H22O6.C32H24O6/c33-31(34)23-8-15-27(16-9-23)37-26-13-6-21(7-14-26)25-12-19-30(29(20-25)22-4-2-1-3-5-22)38-28-17-10-24(11-18-28)32(35)36;33-30(34)24-8-14-28(15-9-24)37-27-12-6-22(7-13-27)23-18-20-32(21-19-23,26-4-2-1-3-5-26)38-29-16-10-25(11-17-29)31(35)36/h1-20H,(H,33,34)(H,35,36);1-20H,21H2,(H,33,34)(H,35,36). The number of hydrogen-bond acceptors (Lipinski definition) is 8. The molecule has 10 rings (SSSR count). The average molecular weight is 1010 g/mol. The van der Waals surface area contributed by atoms with Gasteiger partial charge in [0.2, 0.25) is 0 Å². The van der Waals surface area contributed by atoms with E-state index in [0.717, 1.165) is 39.0 Å². The van der Waals surface area contributed by atoms with Gasteiger partial charge in [-0.15, -0.1) is 0 Å². The number of carboxylic acid groups (broad SMARTS) is 4. The van der Waals surface area contributed by atoms with Gasteiger partial charge in [-0.05, 0) is 173 Å². The summed E-state index contributed by atoms with van der Waals surface area (Å²) < 4.78 is 24.3. The predicted molar refractivity (Wildman–Crippen MR) is 288 cm³/mol. The summed E-state index contributed by atoms with van der Waals surface area (Å²) in [4.78, 5) is 44.4. The van der Waals surface area contributed by atoms with Crippen LogP contribution >= 0.6 is 0 Å². The van der Waals surface area contributed by atoms with Crippen LogP contribution in [0.1, 0.15) is 59.0 Å². The van der Waals surface area contributed by atoms with Crippen LogP contribution < -0.4 is 18.9 Å². The van der Waals surface area contributed by atoms with Crippen molar-refractivity contribution in [3.63, 3.8) is 0 Å². The minimum atomic E-state index is -0.988. The molecule has 0 amide bonds. The highest BCUT2D eigenvalue weighted by Crippen LogP contribution is 2.40. The molecule has 76 heavy (non-hydrogen) atoms. The van der Waals surface area contributed by atoms with Crippen molar-refractivity contribution in [2.45, 2.75) is 12.0 Å². The third-order valence-corrected chi connectivity index (χ3v) is 12.3. The van der Waals surface area contributed by atoms with Gasteiger partial charge in [-0.3, -0.25) is 0 Å². The second-order valence-corrected chi connectivity index (χ2v) is 17.3. The van der Waals surface area contributed by atoms with Crippen LogP contribution in [0.25, 0.3) is 27.8 Å². The Balaban J connectivity index is 0.000000186. The number of rotatable bonds is 16. The van der Waals surface area contributed by atoms with Crippen LogP contribution in [0.4, 0.5) is 0 Å². The molecule has 0 bridgehead atoms. The molecule has 0 heterocycles. The van der Waals surface area contributed by atoms with Crippen molar-refractivity contribution >= 4 is 29.5 Å². The zero-order chi connectivity index (χ0) is 53.0. The van der Waals surface area contributed by atoms with E-state index in [1.807, 2.05) is 133 Å². The molecular formula is C64H46O12. The van der Waals surface area contributed by atoms with Crippen LogP contribution in [-0.2, 0) is 5.60 Å². The molecule has 0 aromatic heterocycles. The Morgan fingerprint density at radius 3 is 1.17 bits per heavy atom. The van der Waals surface area contributed by atoms with Crippen molar-refractivity contribution in [2.75, 3.05) is 0 Å². The summed E-state index contributed by atoms with van der Waals surface area (Å²) in [6.07, 6.45) is 6.77. The molecule has 0 saturated carbocycles. The van der Waals surface area contributed by atoms with E-state index >= 15 is 0 Å². The Hall–Kier alpha value is -10.5. The van der Waals surface area contributed by atoms with E-state index in [9.17, 15) is 24.3 Å². The maximum atomic E-state index is 11.2. The van der Waals surface area contributed by atoms with Gasteiger partial charge >= 0.3 is 23.9 Å². The van der Waals surface area contributed by atoms with Gasteiger partial charge in [0.05, 0.1) is 22.3 Å². The summed E-state index contributed by atoms with van der Waals surface area (Å²) in [5.74, 6) is 0.214. The lowest BCUT2D eigenvalue weighted by molar-refractivity contribution is 0.0685. The van der Waals surface area contributed by atoms with Crippen molar-refractivity contribution in [1.82, 2.24) is 0 Å². The second-order valence-electron chi connectivity index (χ2n) is 17.3. The van der Waals surface area contributed by atoms with Crippen LogP contribution in [0, 0.1) is 0 Å². The van der Waals surface area contributed by atoms with Crippen molar-refractivity contribution in [3.05, 3.63) is 276 Å². The fourth-order valence-corrected chi connectivity index (χ4v) is 8.25. The largest absolute Gasteiger partial charge is 0.478 e. The molecule has 1 unspecified atom stereocenters. The number of carboxylic acids is 4. The number of aromatic carboxylic acids is 4. The summed E-state index contributed by atoms with van der Waals surface area (Å²) >= 11 is 0. The molecule has 9 aromatic carbocycles. The van der Waals surface area contributed by atoms with E-state index in [0.29, 0.717) is 46.7 Å². The molecule has 0 spiro atoms. The summed E-state index contributed by atoms with van der Waals surface area (Å²) in [6.45, 7) is 0. The number of allylic oxidation sites excluding steroid dienone is 2. The van der Waals surface area contributed by atoms with Crippen LogP contribution in [-0.4, -0.2) is 44.3 Å². The highest BCUT2D eigenvalue weighted by molar-refractivity contribution is 5.89. The van der Waals surface area contributed by atoms with Crippen molar-refractivity contribution < 1.29 is 58.6 Å². The monoisotopic (exact) mass is 1010 g/mol. The van der Waals surface area contributed by atoms with Gasteiger partial charge in [-0.25, -0.2) is 19.2 Å². The fraction of sp³-hybridized carbons (Fsp3) is 0.0312. The topological polar surface area (TPSA) is 186 Å². The highest BCUT2D eigenvalue weighted by Gasteiger charge is 2.33. The van der Waals surface area contributed by atoms with Gasteiger partial charge in [0, 0.05) is 12.0 Å². The maximum absolute atomic E-state index is 11.2. The lowest BCUT2D eigenvalue weighted by Gasteiger charge is -2.34. The highest BCUT2D eigenvalue weighted by atomic mass is 16.5. The summed E-state index contributed by atoms with van der Waals surface area (Å²) in [7, 11) is 0. The Morgan fingerprint density at radius 1 is 0.368 bits per heavy atom. The molecule has 1 aliphatic carbocycles. The number of hydrogen-bond donors (Lipinski definition) is 4. The normalized spacial score (nSPS) is 13.4. The first-order valence-electron chi connectivity index (χ1n) is 23.8. The molecule has 0 saturated heterocycles.